The zero-order valence-corrected chi connectivity index (χ0v) is 13.1. The predicted molar refractivity (Wildman–Crippen MR) is 89.3 cm³/mol. The Kier molecular flexibility index (Phi) is 2.85. The van der Waals surface area contributed by atoms with Crippen LogP contribution < -0.4 is 5.32 Å². The maximum Gasteiger partial charge on any atom is 0.0440 e. The molecule has 2 aromatic rings. The van der Waals surface area contributed by atoms with Crippen LogP contribution in [0.25, 0.3) is 0 Å². The van der Waals surface area contributed by atoms with Crippen LogP contribution >= 0.6 is 0 Å². The van der Waals surface area contributed by atoms with E-state index in [0.29, 0.717) is 23.8 Å². The third kappa shape index (κ3) is 1.76. The Hall–Kier alpha value is -1.76. The second-order valence-corrected chi connectivity index (χ2v) is 6.79. The lowest BCUT2D eigenvalue weighted by Crippen LogP contribution is -2.22. The van der Waals surface area contributed by atoms with E-state index >= 15 is 0 Å². The molecular weight excluding hydrogens is 254 g/mol. The van der Waals surface area contributed by atoms with Crippen LogP contribution in [0.5, 0.6) is 0 Å². The van der Waals surface area contributed by atoms with Gasteiger partial charge in [0.25, 0.3) is 0 Å². The minimum absolute atomic E-state index is 0.542. The fraction of sp³-hybridized carbons (Fsp3) is 0.400. The summed E-state index contributed by atoms with van der Waals surface area (Å²) in [4.78, 5) is 0. The van der Waals surface area contributed by atoms with Crippen LogP contribution in [0.2, 0.25) is 0 Å². The summed E-state index contributed by atoms with van der Waals surface area (Å²) in [5, 5.41) is 3.79. The van der Waals surface area contributed by atoms with E-state index in [2.05, 4.69) is 68.6 Å². The highest BCUT2D eigenvalue weighted by atomic mass is 15.0. The molecule has 21 heavy (non-hydrogen) atoms. The van der Waals surface area contributed by atoms with Gasteiger partial charge in [-0.2, -0.15) is 0 Å². The van der Waals surface area contributed by atoms with Crippen LogP contribution in [0.15, 0.2) is 42.5 Å². The average Bonchev–Trinajstić information content (AvgIpc) is 3.00. The van der Waals surface area contributed by atoms with E-state index < -0.39 is 0 Å². The summed E-state index contributed by atoms with van der Waals surface area (Å²) in [7, 11) is 0. The smallest absolute Gasteiger partial charge is 0.0440 e. The highest BCUT2D eigenvalue weighted by Crippen LogP contribution is 2.53. The number of rotatable bonds is 2. The molecule has 1 N–H and O–H groups in total. The van der Waals surface area contributed by atoms with Crippen molar-refractivity contribution in [3.63, 3.8) is 0 Å². The van der Waals surface area contributed by atoms with Crippen LogP contribution in [0.1, 0.15) is 67.2 Å². The van der Waals surface area contributed by atoms with Crippen molar-refractivity contribution in [2.45, 2.75) is 51.0 Å². The van der Waals surface area contributed by atoms with E-state index in [1.54, 1.807) is 11.1 Å². The first-order valence-corrected chi connectivity index (χ1v) is 8.20. The number of fused-ring (bicyclic) bond motifs is 5. The monoisotopic (exact) mass is 277 g/mol. The molecule has 3 unspecified atom stereocenters. The fourth-order valence-electron chi connectivity index (χ4n) is 4.28. The van der Waals surface area contributed by atoms with Gasteiger partial charge >= 0.3 is 0 Å². The number of hydrogen-bond donors (Lipinski definition) is 1. The first-order valence-electron chi connectivity index (χ1n) is 8.20. The predicted octanol–water partition coefficient (Wildman–Crippen LogP) is 5.24. The lowest BCUT2D eigenvalue weighted by atomic mass is 9.90. The molecule has 3 atom stereocenters. The van der Waals surface area contributed by atoms with Crippen molar-refractivity contribution >= 4 is 5.69 Å². The normalized spacial score (nSPS) is 25.4. The number of benzene rings is 2. The summed E-state index contributed by atoms with van der Waals surface area (Å²) in [6, 6.07) is 16.6. The van der Waals surface area contributed by atoms with E-state index in [9.17, 15) is 0 Å². The molecule has 0 bridgehead atoms. The SMILES string of the molecule is CCC1c2ccc(C(C)C)cc2C2c3ccccc3NC12. The van der Waals surface area contributed by atoms with E-state index in [1.165, 1.54) is 23.2 Å². The zero-order valence-electron chi connectivity index (χ0n) is 13.1. The Bertz CT molecular complexity index is 686. The van der Waals surface area contributed by atoms with Gasteiger partial charge in [-0.25, -0.2) is 0 Å². The van der Waals surface area contributed by atoms with Gasteiger partial charge < -0.3 is 5.32 Å². The van der Waals surface area contributed by atoms with Crippen LogP contribution in [-0.2, 0) is 0 Å². The van der Waals surface area contributed by atoms with Gasteiger partial charge in [0.05, 0.1) is 0 Å². The van der Waals surface area contributed by atoms with Crippen molar-refractivity contribution in [2.24, 2.45) is 0 Å². The average molecular weight is 277 g/mol. The first-order chi connectivity index (χ1) is 10.2. The standard InChI is InChI=1S/C20H23N/c1-4-14-15-10-9-13(12(2)3)11-17(15)19-16-7-5-6-8-18(16)21-20(14)19/h5-12,14,19-21H,4H2,1-3H3. The van der Waals surface area contributed by atoms with Crippen molar-refractivity contribution in [3.05, 3.63) is 64.7 Å². The van der Waals surface area contributed by atoms with Crippen molar-refractivity contribution in [1.82, 2.24) is 0 Å². The molecule has 1 aliphatic carbocycles. The van der Waals surface area contributed by atoms with Crippen molar-refractivity contribution in [1.29, 1.82) is 0 Å². The minimum Gasteiger partial charge on any atom is -0.380 e. The molecule has 0 fully saturated rings. The fourth-order valence-corrected chi connectivity index (χ4v) is 4.28. The summed E-state index contributed by atoms with van der Waals surface area (Å²) in [6.07, 6.45) is 1.20. The second kappa shape index (κ2) is 4.62. The summed E-state index contributed by atoms with van der Waals surface area (Å²) in [5.74, 6) is 1.78. The molecule has 1 nitrogen and oxygen atoms in total. The van der Waals surface area contributed by atoms with Gasteiger partial charge in [-0.3, -0.25) is 0 Å². The van der Waals surface area contributed by atoms with Gasteiger partial charge in [-0.05, 0) is 40.7 Å². The van der Waals surface area contributed by atoms with Crippen LogP contribution in [0.3, 0.4) is 0 Å². The topological polar surface area (TPSA) is 12.0 Å². The summed E-state index contributed by atoms with van der Waals surface area (Å²) in [5.41, 5.74) is 7.43. The van der Waals surface area contributed by atoms with Gasteiger partial charge in [0.2, 0.25) is 0 Å². The highest BCUT2D eigenvalue weighted by molar-refractivity contribution is 5.67. The molecule has 0 spiro atoms. The molecular formula is C20H23N. The molecule has 2 aliphatic rings. The Morgan fingerprint density at radius 3 is 2.57 bits per heavy atom. The van der Waals surface area contributed by atoms with Crippen LogP contribution in [-0.4, -0.2) is 6.04 Å². The quantitative estimate of drug-likeness (QED) is 0.791. The van der Waals surface area contributed by atoms with Gasteiger partial charge in [0, 0.05) is 23.6 Å². The van der Waals surface area contributed by atoms with Gasteiger partial charge in [0.15, 0.2) is 0 Å². The largest absolute Gasteiger partial charge is 0.380 e. The molecule has 2 aromatic carbocycles. The molecule has 1 heterocycles. The third-order valence-electron chi connectivity index (χ3n) is 5.36. The Balaban J connectivity index is 1.89. The molecule has 1 heteroatoms. The Morgan fingerprint density at radius 2 is 1.81 bits per heavy atom. The lowest BCUT2D eigenvalue weighted by molar-refractivity contribution is 0.572. The number of nitrogens with one attached hydrogen (secondary N) is 1. The van der Waals surface area contributed by atoms with Crippen LogP contribution in [0.4, 0.5) is 5.69 Å². The summed E-state index contributed by atoms with van der Waals surface area (Å²) < 4.78 is 0. The second-order valence-electron chi connectivity index (χ2n) is 6.79. The highest BCUT2D eigenvalue weighted by Gasteiger charge is 2.45. The lowest BCUT2D eigenvalue weighted by Gasteiger charge is -2.19. The molecule has 0 saturated carbocycles. The van der Waals surface area contributed by atoms with Crippen molar-refractivity contribution < 1.29 is 0 Å². The maximum absolute atomic E-state index is 3.79. The Labute approximate surface area is 127 Å². The zero-order chi connectivity index (χ0) is 14.6. The van der Waals surface area contributed by atoms with Gasteiger partial charge in [0.1, 0.15) is 0 Å². The summed E-state index contributed by atoms with van der Waals surface area (Å²) in [6.45, 7) is 6.89. The number of anilines is 1. The van der Waals surface area contributed by atoms with Crippen molar-refractivity contribution in [3.8, 4) is 0 Å². The van der Waals surface area contributed by atoms with E-state index in [4.69, 9.17) is 0 Å². The third-order valence-corrected chi connectivity index (χ3v) is 5.36. The molecule has 108 valence electrons. The molecule has 0 amide bonds. The van der Waals surface area contributed by atoms with E-state index in [1.807, 2.05) is 0 Å². The molecule has 1 aliphatic heterocycles. The minimum atomic E-state index is 0.542. The number of hydrogen-bond acceptors (Lipinski definition) is 1. The van der Waals surface area contributed by atoms with Gasteiger partial charge in [-0.1, -0.05) is 57.2 Å². The first kappa shape index (κ1) is 12.9. The molecule has 0 saturated heterocycles. The molecule has 4 rings (SSSR count). The summed E-state index contributed by atoms with van der Waals surface area (Å²) >= 11 is 0. The Morgan fingerprint density at radius 1 is 1.00 bits per heavy atom. The number of para-hydroxylation sites is 1. The van der Waals surface area contributed by atoms with Crippen molar-refractivity contribution in [2.75, 3.05) is 5.32 Å². The maximum atomic E-state index is 3.79. The van der Waals surface area contributed by atoms with Gasteiger partial charge in [-0.15, -0.1) is 0 Å². The van der Waals surface area contributed by atoms with E-state index in [0.717, 1.165) is 0 Å². The van der Waals surface area contributed by atoms with E-state index in [-0.39, 0.29) is 0 Å². The molecule has 0 aromatic heterocycles. The molecule has 0 radical (unpaired) electrons. The van der Waals surface area contributed by atoms with Crippen LogP contribution in [0, 0.1) is 0 Å².